The lowest BCUT2D eigenvalue weighted by Gasteiger charge is -2.03. The first-order valence-corrected chi connectivity index (χ1v) is 4.27. The van der Waals surface area contributed by atoms with Crippen molar-refractivity contribution in [3.8, 4) is 18.1 Å². The second kappa shape index (κ2) is 5.03. The van der Waals surface area contributed by atoms with Crippen LogP contribution in [0.4, 0.5) is 0 Å². The number of ether oxygens (including phenoxy) is 1. The molecule has 1 aromatic heterocycles. The van der Waals surface area contributed by atoms with E-state index in [-0.39, 0.29) is 5.78 Å². The van der Waals surface area contributed by atoms with Gasteiger partial charge in [-0.3, -0.25) is 4.79 Å². The van der Waals surface area contributed by atoms with Crippen molar-refractivity contribution in [1.82, 2.24) is 4.98 Å². The Labute approximate surface area is 83.1 Å². The van der Waals surface area contributed by atoms with Crippen LogP contribution in [0.3, 0.4) is 0 Å². The fourth-order valence-corrected chi connectivity index (χ4v) is 0.902. The molecule has 0 spiro atoms. The minimum atomic E-state index is -0.0554. The molecule has 0 aliphatic carbocycles. The summed E-state index contributed by atoms with van der Waals surface area (Å²) < 4.78 is 5.26. The van der Waals surface area contributed by atoms with Crippen molar-refractivity contribution in [2.45, 2.75) is 13.3 Å². The van der Waals surface area contributed by atoms with Gasteiger partial charge in [0.25, 0.3) is 0 Å². The van der Waals surface area contributed by atoms with Crippen LogP contribution in [0.15, 0.2) is 18.3 Å². The zero-order chi connectivity index (χ0) is 10.4. The number of Topliss-reactive ketones (excluding diaryl/α,β-unsaturated/α-hetero) is 1. The van der Waals surface area contributed by atoms with Crippen LogP contribution in [0, 0.1) is 12.3 Å². The lowest BCUT2D eigenvalue weighted by atomic mass is 10.3. The van der Waals surface area contributed by atoms with Crippen LogP contribution >= 0.6 is 0 Å². The van der Waals surface area contributed by atoms with Gasteiger partial charge in [-0.25, -0.2) is 4.98 Å². The molecular weight excluding hydrogens is 178 g/mol. The highest BCUT2D eigenvalue weighted by molar-refractivity contribution is 5.92. The van der Waals surface area contributed by atoms with Crippen molar-refractivity contribution in [3.63, 3.8) is 0 Å². The smallest absolute Gasteiger partial charge is 0.178 e. The molecule has 0 saturated carbocycles. The average Bonchev–Trinajstić information content (AvgIpc) is 2.19. The molecule has 3 nitrogen and oxygen atoms in total. The van der Waals surface area contributed by atoms with Gasteiger partial charge in [-0.2, -0.15) is 0 Å². The molecule has 1 aromatic rings. The lowest BCUT2D eigenvalue weighted by Crippen LogP contribution is -1.99. The molecule has 0 bridgehead atoms. The number of pyridine rings is 1. The summed E-state index contributed by atoms with van der Waals surface area (Å²) in [4.78, 5) is 14.8. The Morgan fingerprint density at radius 3 is 2.93 bits per heavy atom. The predicted octanol–water partition coefficient (Wildman–Crippen LogP) is 1.69. The zero-order valence-corrected chi connectivity index (χ0v) is 7.99. The standard InChI is InChI=1S/C11H11NO2/c1-3-4-7-14-10-5-6-11(9(2)13)12-8-10/h1,5-6,8H,4,7H2,2H3. The Hall–Kier alpha value is -1.82. The number of nitrogens with zero attached hydrogens (tertiary/aromatic N) is 1. The summed E-state index contributed by atoms with van der Waals surface area (Å²) in [7, 11) is 0. The topological polar surface area (TPSA) is 39.2 Å². The molecule has 0 aliphatic rings. The SMILES string of the molecule is C#CCCOc1ccc(C(C)=O)nc1. The van der Waals surface area contributed by atoms with Gasteiger partial charge in [-0.05, 0) is 12.1 Å². The van der Waals surface area contributed by atoms with Crippen LogP contribution in [0.2, 0.25) is 0 Å². The molecule has 0 atom stereocenters. The van der Waals surface area contributed by atoms with Gasteiger partial charge in [-0.1, -0.05) is 0 Å². The summed E-state index contributed by atoms with van der Waals surface area (Å²) in [5.74, 6) is 3.04. The Bertz CT molecular complexity index is 349. The number of carbonyl (C=O) groups excluding carboxylic acids is 1. The molecule has 1 rings (SSSR count). The third-order valence-electron chi connectivity index (χ3n) is 1.61. The van der Waals surface area contributed by atoms with Crippen LogP contribution in [0.25, 0.3) is 0 Å². The number of ketones is 1. The van der Waals surface area contributed by atoms with Crippen molar-refractivity contribution in [3.05, 3.63) is 24.0 Å². The minimum absolute atomic E-state index is 0.0554. The lowest BCUT2D eigenvalue weighted by molar-refractivity contribution is 0.101. The van der Waals surface area contributed by atoms with E-state index in [1.807, 2.05) is 0 Å². The first-order valence-electron chi connectivity index (χ1n) is 4.27. The zero-order valence-electron chi connectivity index (χ0n) is 7.99. The van der Waals surface area contributed by atoms with E-state index in [1.165, 1.54) is 13.1 Å². The highest BCUT2D eigenvalue weighted by atomic mass is 16.5. The first-order chi connectivity index (χ1) is 6.74. The summed E-state index contributed by atoms with van der Waals surface area (Å²) in [5.41, 5.74) is 0.439. The van der Waals surface area contributed by atoms with Crippen molar-refractivity contribution >= 4 is 5.78 Å². The van der Waals surface area contributed by atoms with E-state index in [0.717, 1.165) is 0 Å². The van der Waals surface area contributed by atoms with E-state index in [0.29, 0.717) is 24.5 Å². The van der Waals surface area contributed by atoms with Gasteiger partial charge in [0.1, 0.15) is 11.4 Å². The van der Waals surface area contributed by atoms with E-state index < -0.39 is 0 Å². The normalized spacial score (nSPS) is 9.14. The molecular formula is C11H11NO2. The van der Waals surface area contributed by atoms with Gasteiger partial charge in [0.2, 0.25) is 0 Å². The van der Waals surface area contributed by atoms with Crippen LogP contribution in [-0.2, 0) is 0 Å². The Morgan fingerprint density at radius 1 is 1.64 bits per heavy atom. The number of rotatable bonds is 4. The number of hydrogen-bond donors (Lipinski definition) is 0. The maximum Gasteiger partial charge on any atom is 0.178 e. The largest absolute Gasteiger partial charge is 0.491 e. The van der Waals surface area contributed by atoms with Gasteiger partial charge < -0.3 is 4.74 Å². The summed E-state index contributed by atoms with van der Waals surface area (Å²) in [6.07, 6.45) is 7.15. The molecule has 0 radical (unpaired) electrons. The second-order valence-electron chi connectivity index (χ2n) is 2.74. The van der Waals surface area contributed by atoms with E-state index in [1.54, 1.807) is 12.1 Å². The highest BCUT2D eigenvalue weighted by Crippen LogP contribution is 2.09. The quantitative estimate of drug-likeness (QED) is 0.411. The molecule has 0 fully saturated rings. The molecule has 0 N–H and O–H groups in total. The summed E-state index contributed by atoms with van der Waals surface area (Å²) >= 11 is 0. The second-order valence-corrected chi connectivity index (χ2v) is 2.74. The summed E-state index contributed by atoms with van der Waals surface area (Å²) in [5, 5.41) is 0. The van der Waals surface area contributed by atoms with Crippen LogP contribution < -0.4 is 4.74 Å². The third-order valence-corrected chi connectivity index (χ3v) is 1.61. The van der Waals surface area contributed by atoms with Gasteiger partial charge in [0, 0.05) is 13.3 Å². The van der Waals surface area contributed by atoms with Crippen LogP contribution in [-0.4, -0.2) is 17.4 Å². The van der Waals surface area contributed by atoms with Crippen molar-refractivity contribution in [2.24, 2.45) is 0 Å². The minimum Gasteiger partial charge on any atom is -0.491 e. The van der Waals surface area contributed by atoms with Crippen molar-refractivity contribution in [1.29, 1.82) is 0 Å². The first kappa shape index (κ1) is 10.3. The van der Waals surface area contributed by atoms with Crippen LogP contribution in [0.5, 0.6) is 5.75 Å². The molecule has 3 heteroatoms. The van der Waals surface area contributed by atoms with Gasteiger partial charge >= 0.3 is 0 Å². The monoisotopic (exact) mass is 189 g/mol. The van der Waals surface area contributed by atoms with Crippen LogP contribution in [0.1, 0.15) is 23.8 Å². The highest BCUT2D eigenvalue weighted by Gasteiger charge is 2.00. The summed E-state index contributed by atoms with van der Waals surface area (Å²) in [6.45, 7) is 1.94. The van der Waals surface area contributed by atoms with Crippen molar-refractivity contribution in [2.75, 3.05) is 6.61 Å². The van der Waals surface area contributed by atoms with E-state index in [9.17, 15) is 4.79 Å². The maximum atomic E-state index is 10.9. The summed E-state index contributed by atoms with van der Waals surface area (Å²) in [6, 6.07) is 3.34. The molecule has 0 aromatic carbocycles. The number of terminal acetylenes is 1. The Morgan fingerprint density at radius 2 is 2.43 bits per heavy atom. The average molecular weight is 189 g/mol. The number of carbonyl (C=O) groups is 1. The fraction of sp³-hybridized carbons (Fsp3) is 0.273. The molecule has 0 saturated heterocycles. The van der Waals surface area contributed by atoms with E-state index >= 15 is 0 Å². The van der Waals surface area contributed by atoms with Gasteiger partial charge in [0.05, 0.1) is 12.8 Å². The number of aromatic nitrogens is 1. The number of hydrogen-bond acceptors (Lipinski definition) is 3. The predicted molar refractivity (Wildman–Crippen MR) is 53.2 cm³/mol. The Kier molecular flexibility index (Phi) is 3.69. The van der Waals surface area contributed by atoms with Gasteiger partial charge in [-0.15, -0.1) is 12.3 Å². The molecule has 0 aliphatic heterocycles. The third kappa shape index (κ3) is 2.91. The molecule has 0 unspecified atom stereocenters. The molecule has 14 heavy (non-hydrogen) atoms. The van der Waals surface area contributed by atoms with Crippen molar-refractivity contribution < 1.29 is 9.53 Å². The maximum absolute atomic E-state index is 10.9. The van der Waals surface area contributed by atoms with E-state index in [2.05, 4.69) is 10.9 Å². The Balaban J connectivity index is 2.56. The fourth-order valence-electron chi connectivity index (χ4n) is 0.902. The molecule has 0 amide bonds. The molecule has 72 valence electrons. The van der Waals surface area contributed by atoms with Gasteiger partial charge in [0.15, 0.2) is 5.78 Å². The molecule has 1 heterocycles. The van der Waals surface area contributed by atoms with E-state index in [4.69, 9.17) is 11.2 Å².